The molecule has 1 N–H and O–H groups in total. The van der Waals surface area contributed by atoms with Gasteiger partial charge in [-0.15, -0.1) is 0 Å². The topological polar surface area (TPSA) is 84.8 Å². The van der Waals surface area contributed by atoms with Crippen LogP contribution in [0.2, 0.25) is 0 Å². The Kier molecular flexibility index (Phi) is 8.38. The molecule has 1 aliphatic rings. The molecule has 196 valence electrons. The molecule has 2 aromatic heterocycles. The predicted octanol–water partition coefficient (Wildman–Crippen LogP) is 5.46. The molecule has 0 saturated heterocycles. The first kappa shape index (κ1) is 26.5. The summed E-state index contributed by atoms with van der Waals surface area (Å²) < 4.78 is 26.5. The Labute approximate surface area is 217 Å². The first-order chi connectivity index (χ1) is 17.8. The van der Waals surface area contributed by atoms with Gasteiger partial charge in [-0.25, -0.2) is 9.37 Å². The van der Waals surface area contributed by atoms with Crippen LogP contribution in [0.4, 0.5) is 4.39 Å². The third kappa shape index (κ3) is 6.07. The van der Waals surface area contributed by atoms with Crippen molar-refractivity contribution < 1.29 is 23.8 Å². The van der Waals surface area contributed by atoms with Gasteiger partial charge in [0, 0.05) is 23.7 Å². The zero-order chi connectivity index (χ0) is 26.5. The van der Waals surface area contributed by atoms with Crippen LogP contribution in [0.1, 0.15) is 55.8 Å². The van der Waals surface area contributed by atoms with Crippen molar-refractivity contribution >= 4 is 5.97 Å². The Hall–Kier alpha value is -3.52. The van der Waals surface area contributed by atoms with Gasteiger partial charge in [-0.1, -0.05) is 39.0 Å². The van der Waals surface area contributed by atoms with Gasteiger partial charge >= 0.3 is 5.97 Å². The first-order valence-corrected chi connectivity index (χ1v) is 12.8. The van der Waals surface area contributed by atoms with E-state index in [2.05, 4.69) is 23.7 Å². The van der Waals surface area contributed by atoms with Crippen molar-refractivity contribution in [1.82, 2.24) is 14.9 Å². The van der Waals surface area contributed by atoms with Crippen LogP contribution in [0.3, 0.4) is 0 Å². The van der Waals surface area contributed by atoms with E-state index in [-0.39, 0.29) is 6.10 Å². The summed E-state index contributed by atoms with van der Waals surface area (Å²) in [4.78, 5) is 22.5. The molecule has 3 heterocycles. The van der Waals surface area contributed by atoms with Crippen molar-refractivity contribution in [1.29, 1.82) is 0 Å². The number of carboxylic acids is 1. The number of aliphatic carboxylic acids is 1. The largest absolute Gasteiger partial charge is 0.484 e. The Bertz CT molecular complexity index is 1260. The summed E-state index contributed by atoms with van der Waals surface area (Å²) in [6.07, 6.45) is 2.97. The highest BCUT2D eigenvalue weighted by atomic mass is 19.1. The van der Waals surface area contributed by atoms with Gasteiger partial charge in [-0.2, -0.15) is 0 Å². The van der Waals surface area contributed by atoms with E-state index in [0.717, 1.165) is 54.2 Å². The molecule has 1 aliphatic heterocycles. The van der Waals surface area contributed by atoms with Gasteiger partial charge in [0.15, 0.2) is 0 Å². The van der Waals surface area contributed by atoms with Crippen LogP contribution in [0, 0.1) is 11.7 Å². The fourth-order valence-electron chi connectivity index (χ4n) is 4.65. The van der Waals surface area contributed by atoms with Crippen LogP contribution in [-0.2, 0) is 24.2 Å². The summed E-state index contributed by atoms with van der Waals surface area (Å²) in [5.41, 5.74) is 4.71. The summed E-state index contributed by atoms with van der Waals surface area (Å²) in [6, 6.07) is 11.4. The molecule has 0 saturated carbocycles. The number of ether oxygens (including phenoxy) is 2. The van der Waals surface area contributed by atoms with Crippen molar-refractivity contribution in [2.45, 2.75) is 52.7 Å². The lowest BCUT2D eigenvalue weighted by Crippen LogP contribution is -2.24. The van der Waals surface area contributed by atoms with Crippen LogP contribution in [0.5, 0.6) is 11.6 Å². The monoisotopic (exact) mass is 507 g/mol. The number of carboxylic acid groups (broad SMARTS) is 1. The van der Waals surface area contributed by atoms with Gasteiger partial charge in [0.2, 0.25) is 5.88 Å². The highest BCUT2D eigenvalue weighted by Crippen LogP contribution is 2.37. The molecule has 0 bridgehead atoms. The second-order valence-electron chi connectivity index (χ2n) is 9.43. The summed E-state index contributed by atoms with van der Waals surface area (Å²) >= 11 is 0. The number of fused-ring (bicyclic) bond motifs is 1. The minimum absolute atomic E-state index is 0.249. The van der Waals surface area contributed by atoms with E-state index in [1.54, 1.807) is 13.0 Å². The maximum Gasteiger partial charge on any atom is 0.306 e. The van der Waals surface area contributed by atoms with E-state index in [1.807, 2.05) is 30.3 Å². The first-order valence-electron chi connectivity index (χ1n) is 12.8. The third-order valence-corrected chi connectivity index (χ3v) is 6.96. The van der Waals surface area contributed by atoms with Crippen LogP contribution in [0.15, 0.2) is 42.6 Å². The van der Waals surface area contributed by atoms with Gasteiger partial charge in [-0.05, 0) is 55.6 Å². The molecule has 2 unspecified atom stereocenters. The summed E-state index contributed by atoms with van der Waals surface area (Å²) in [6.45, 7) is 8.14. The fraction of sp³-hybridized carbons (Fsp3) is 0.414. The van der Waals surface area contributed by atoms with Crippen molar-refractivity contribution in [2.75, 3.05) is 20.2 Å². The molecule has 0 radical (unpaired) electrons. The molecule has 0 fully saturated rings. The predicted molar refractivity (Wildman–Crippen MR) is 139 cm³/mol. The highest BCUT2D eigenvalue weighted by molar-refractivity contribution is 5.70. The van der Waals surface area contributed by atoms with Gasteiger partial charge in [-0.3, -0.25) is 14.7 Å². The molecular formula is C29H34FN3O4. The molecular weight excluding hydrogens is 473 g/mol. The van der Waals surface area contributed by atoms with E-state index >= 15 is 0 Å². The Morgan fingerprint density at radius 3 is 2.70 bits per heavy atom. The van der Waals surface area contributed by atoms with Gasteiger partial charge < -0.3 is 14.6 Å². The number of hydrogen-bond donors (Lipinski definition) is 1. The Morgan fingerprint density at radius 2 is 2.00 bits per heavy atom. The normalized spacial score (nSPS) is 15.7. The zero-order valence-corrected chi connectivity index (χ0v) is 21.8. The standard InChI is InChI=1S/C29H34FN3O4/c1-5-33(6-2)17-25-21(22-15-28(36-4)31-16-23(22)30)10-11-24(32-25)26-12-9-20-8-7-19(14-27(20)37-26)13-18(3)29(34)35/h7-8,10-11,14-16,18,26H,5-6,9,12-13,17H2,1-4H3,(H,34,35). The van der Waals surface area contributed by atoms with E-state index in [0.29, 0.717) is 30.0 Å². The Balaban J connectivity index is 1.67. The maximum absolute atomic E-state index is 14.9. The minimum atomic E-state index is -0.815. The molecule has 1 aromatic carbocycles. The molecule has 4 rings (SSSR count). The molecule has 3 aromatic rings. The van der Waals surface area contributed by atoms with Crippen molar-refractivity contribution in [3.8, 4) is 22.8 Å². The average molecular weight is 508 g/mol. The molecule has 37 heavy (non-hydrogen) atoms. The van der Waals surface area contributed by atoms with E-state index in [4.69, 9.17) is 14.5 Å². The van der Waals surface area contributed by atoms with Crippen molar-refractivity contribution in [3.05, 3.63) is 70.9 Å². The maximum atomic E-state index is 14.9. The van der Waals surface area contributed by atoms with Crippen LogP contribution in [0.25, 0.3) is 11.1 Å². The van der Waals surface area contributed by atoms with Crippen LogP contribution in [-0.4, -0.2) is 46.1 Å². The number of benzene rings is 1. The minimum Gasteiger partial charge on any atom is -0.484 e. The Morgan fingerprint density at radius 1 is 1.22 bits per heavy atom. The number of rotatable bonds is 10. The fourth-order valence-corrected chi connectivity index (χ4v) is 4.65. The van der Waals surface area contributed by atoms with Crippen LogP contribution >= 0.6 is 0 Å². The summed E-state index contributed by atoms with van der Waals surface area (Å²) in [5, 5.41) is 9.27. The van der Waals surface area contributed by atoms with Crippen LogP contribution < -0.4 is 9.47 Å². The highest BCUT2D eigenvalue weighted by Gasteiger charge is 2.25. The second kappa shape index (κ2) is 11.7. The number of pyridine rings is 2. The summed E-state index contributed by atoms with van der Waals surface area (Å²) in [5.74, 6) is -0.602. The number of nitrogens with zero attached hydrogens (tertiary/aromatic N) is 3. The molecule has 0 amide bonds. The lowest BCUT2D eigenvalue weighted by atomic mass is 9.95. The van der Waals surface area contributed by atoms with Gasteiger partial charge in [0.25, 0.3) is 0 Å². The van der Waals surface area contributed by atoms with Gasteiger partial charge in [0.1, 0.15) is 17.7 Å². The number of halogens is 1. The van der Waals surface area contributed by atoms with Gasteiger partial charge in [0.05, 0.1) is 30.6 Å². The van der Waals surface area contributed by atoms with E-state index in [1.165, 1.54) is 13.3 Å². The molecule has 8 heteroatoms. The number of methoxy groups -OCH3 is 1. The van der Waals surface area contributed by atoms with Crippen molar-refractivity contribution in [3.63, 3.8) is 0 Å². The SMILES string of the molecule is CCN(CC)Cc1nc(C2CCc3ccc(CC(C)C(=O)O)cc3O2)ccc1-c1cc(OC)ncc1F. The van der Waals surface area contributed by atoms with Crippen molar-refractivity contribution in [2.24, 2.45) is 5.92 Å². The average Bonchev–Trinajstić information content (AvgIpc) is 2.91. The number of aromatic nitrogens is 2. The number of aryl methyl sites for hydroxylation is 1. The van der Waals surface area contributed by atoms with E-state index in [9.17, 15) is 14.3 Å². The molecule has 0 aliphatic carbocycles. The molecule has 0 spiro atoms. The lowest BCUT2D eigenvalue weighted by molar-refractivity contribution is -0.141. The van der Waals surface area contributed by atoms with E-state index < -0.39 is 17.7 Å². The number of carbonyl (C=O) groups is 1. The lowest BCUT2D eigenvalue weighted by Gasteiger charge is -2.27. The zero-order valence-electron chi connectivity index (χ0n) is 21.8. The third-order valence-electron chi connectivity index (χ3n) is 6.96. The summed E-state index contributed by atoms with van der Waals surface area (Å²) in [7, 11) is 1.51. The number of hydrogen-bond acceptors (Lipinski definition) is 6. The quantitative estimate of drug-likeness (QED) is 0.390. The molecule has 2 atom stereocenters. The molecule has 7 nitrogen and oxygen atoms in total. The smallest absolute Gasteiger partial charge is 0.306 e. The second-order valence-corrected chi connectivity index (χ2v) is 9.43.